The highest BCUT2D eigenvalue weighted by Gasteiger charge is 2.29. The molecule has 0 heterocycles. The van der Waals surface area contributed by atoms with Crippen molar-refractivity contribution in [2.75, 3.05) is 11.9 Å². The van der Waals surface area contributed by atoms with E-state index >= 15 is 0 Å². The van der Waals surface area contributed by atoms with Crippen LogP contribution in [0.1, 0.15) is 40.4 Å². The first-order valence-electron chi connectivity index (χ1n) is 11.0. The van der Waals surface area contributed by atoms with Crippen LogP contribution < -0.4 is 10.6 Å². The van der Waals surface area contributed by atoms with E-state index in [1.807, 2.05) is 60.7 Å². The zero-order valence-corrected chi connectivity index (χ0v) is 18.2. The van der Waals surface area contributed by atoms with Crippen LogP contribution >= 0.6 is 0 Å². The monoisotopic (exact) mass is 442 g/mol. The second kappa shape index (κ2) is 10.6. The van der Waals surface area contributed by atoms with Crippen molar-refractivity contribution in [3.63, 3.8) is 0 Å². The van der Waals surface area contributed by atoms with Crippen LogP contribution in [0.5, 0.6) is 0 Å². The first kappa shape index (κ1) is 22.3. The van der Waals surface area contributed by atoms with Gasteiger partial charge in [0.25, 0.3) is 5.91 Å². The predicted octanol–water partition coefficient (Wildman–Crippen LogP) is 4.29. The van der Waals surface area contributed by atoms with Gasteiger partial charge in [-0.3, -0.25) is 9.59 Å². The number of anilines is 1. The summed E-state index contributed by atoms with van der Waals surface area (Å²) in [5.41, 5.74) is 3.02. The fourth-order valence-corrected chi connectivity index (χ4v) is 3.52. The fourth-order valence-electron chi connectivity index (χ4n) is 3.52. The molecule has 0 saturated heterocycles. The Hall–Kier alpha value is -3.93. The summed E-state index contributed by atoms with van der Waals surface area (Å²) >= 11 is 0. The molecule has 1 saturated carbocycles. The molecule has 1 unspecified atom stereocenters. The van der Waals surface area contributed by atoms with Gasteiger partial charge in [-0.1, -0.05) is 60.7 Å². The third-order valence-electron chi connectivity index (χ3n) is 5.49. The van der Waals surface area contributed by atoms with E-state index in [0.717, 1.165) is 24.0 Å². The summed E-state index contributed by atoms with van der Waals surface area (Å²) in [6, 6.07) is 25.8. The number of amides is 2. The van der Waals surface area contributed by atoms with Gasteiger partial charge in [0, 0.05) is 11.6 Å². The van der Waals surface area contributed by atoms with Crippen molar-refractivity contribution >= 4 is 23.5 Å². The number of ether oxygens (including phenoxy) is 1. The number of benzene rings is 3. The van der Waals surface area contributed by atoms with Crippen molar-refractivity contribution in [3.8, 4) is 0 Å². The molecule has 0 aromatic heterocycles. The molecule has 6 heteroatoms. The molecule has 1 atom stereocenters. The molecule has 6 nitrogen and oxygen atoms in total. The zero-order chi connectivity index (χ0) is 23.0. The number of carbonyl (C=O) groups is 3. The largest absolute Gasteiger partial charge is 0.452 e. The zero-order valence-electron chi connectivity index (χ0n) is 18.2. The van der Waals surface area contributed by atoms with Crippen LogP contribution in [0.25, 0.3) is 0 Å². The lowest BCUT2D eigenvalue weighted by Crippen LogP contribution is -2.33. The van der Waals surface area contributed by atoms with E-state index in [1.54, 1.807) is 24.3 Å². The van der Waals surface area contributed by atoms with E-state index in [0.29, 0.717) is 17.7 Å². The van der Waals surface area contributed by atoms with Gasteiger partial charge in [0.05, 0.1) is 11.6 Å². The summed E-state index contributed by atoms with van der Waals surface area (Å²) < 4.78 is 5.21. The molecular weight excluding hydrogens is 416 g/mol. The fraction of sp³-hybridized carbons (Fsp3) is 0.222. The Bertz CT molecular complexity index is 1090. The maximum Gasteiger partial charge on any atom is 0.338 e. The summed E-state index contributed by atoms with van der Waals surface area (Å²) in [5, 5.41) is 5.79. The van der Waals surface area contributed by atoms with Crippen molar-refractivity contribution < 1.29 is 19.1 Å². The molecule has 3 aromatic carbocycles. The Balaban J connectivity index is 1.31. The normalized spacial score (nSPS) is 13.6. The van der Waals surface area contributed by atoms with Gasteiger partial charge in [0.15, 0.2) is 6.61 Å². The van der Waals surface area contributed by atoms with E-state index < -0.39 is 5.97 Å². The van der Waals surface area contributed by atoms with E-state index in [2.05, 4.69) is 10.6 Å². The van der Waals surface area contributed by atoms with Gasteiger partial charge < -0.3 is 15.4 Å². The number of nitrogens with one attached hydrogen (secondary N) is 2. The summed E-state index contributed by atoms with van der Waals surface area (Å²) in [6.07, 6.45) is 2.47. The molecule has 0 spiro atoms. The molecular formula is C27H26N2O4. The molecule has 1 aliphatic carbocycles. The summed E-state index contributed by atoms with van der Waals surface area (Å²) in [4.78, 5) is 36.7. The second-order valence-corrected chi connectivity index (χ2v) is 8.14. The number of hydrogen-bond acceptors (Lipinski definition) is 4. The Morgan fingerprint density at radius 2 is 1.48 bits per heavy atom. The van der Waals surface area contributed by atoms with E-state index in [-0.39, 0.29) is 30.4 Å². The Morgan fingerprint density at radius 1 is 0.848 bits per heavy atom. The Kier molecular flexibility index (Phi) is 7.15. The van der Waals surface area contributed by atoms with Gasteiger partial charge in [0.1, 0.15) is 0 Å². The molecule has 1 fully saturated rings. The molecule has 0 bridgehead atoms. The molecule has 2 N–H and O–H groups in total. The van der Waals surface area contributed by atoms with Crippen molar-refractivity contribution in [2.24, 2.45) is 5.92 Å². The van der Waals surface area contributed by atoms with Gasteiger partial charge in [-0.05, 0) is 54.7 Å². The summed E-state index contributed by atoms with van der Waals surface area (Å²) in [6.45, 7) is -0.378. The van der Waals surface area contributed by atoms with E-state index in [4.69, 9.17) is 4.74 Å². The molecule has 2 amide bonds. The van der Waals surface area contributed by atoms with Gasteiger partial charge in [-0.25, -0.2) is 4.79 Å². The van der Waals surface area contributed by atoms with Crippen LogP contribution in [0, 0.1) is 5.92 Å². The predicted molar refractivity (Wildman–Crippen MR) is 126 cm³/mol. The van der Waals surface area contributed by atoms with Gasteiger partial charge in [0.2, 0.25) is 5.91 Å². The van der Waals surface area contributed by atoms with Crippen molar-refractivity contribution in [1.29, 1.82) is 0 Å². The lowest BCUT2D eigenvalue weighted by Gasteiger charge is -2.19. The van der Waals surface area contributed by atoms with Crippen LogP contribution in [-0.2, 0) is 20.7 Å². The minimum Gasteiger partial charge on any atom is -0.452 e. The van der Waals surface area contributed by atoms with Crippen LogP contribution in [0.4, 0.5) is 5.69 Å². The summed E-state index contributed by atoms with van der Waals surface area (Å²) in [7, 11) is 0. The van der Waals surface area contributed by atoms with Crippen LogP contribution in [0.3, 0.4) is 0 Å². The highest BCUT2D eigenvalue weighted by atomic mass is 16.5. The molecule has 3 aromatic rings. The van der Waals surface area contributed by atoms with Crippen LogP contribution in [0.2, 0.25) is 0 Å². The van der Waals surface area contributed by atoms with Crippen LogP contribution in [-0.4, -0.2) is 24.4 Å². The standard InChI is InChI=1S/C27H26N2O4/c30-25(29-24(20-9-5-2-6-10-20)17-19-7-3-1-4-8-19)18-33-27(32)22-13-15-23(16-14-22)28-26(31)21-11-12-21/h1-10,13-16,21,24H,11-12,17-18H2,(H,28,31)(H,29,30). The van der Waals surface area contributed by atoms with Gasteiger partial charge >= 0.3 is 5.97 Å². The number of rotatable bonds is 9. The SMILES string of the molecule is O=C(COC(=O)c1ccc(NC(=O)C2CC2)cc1)NC(Cc1ccccc1)c1ccccc1. The van der Waals surface area contributed by atoms with Crippen molar-refractivity contribution in [1.82, 2.24) is 5.32 Å². The second-order valence-electron chi connectivity index (χ2n) is 8.14. The van der Waals surface area contributed by atoms with Crippen LogP contribution in [0.15, 0.2) is 84.9 Å². The molecule has 33 heavy (non-hydrogen) atoms. The Labute approximate surface area is 193 Å². The maximum absolute atomic E-state index is 12.6. The molecule has 1 aliphatic rings. The first-order valence-corrected chi connectivity index (χ1v) is 11.0. The average molecular weight is 443 g/mol. The highest BCUT2D eigenvalue weighted by Crippen LogP contribution is 2.30. The third-order valence-corrected chi connectivity index (χ3v) is 5.49. The summed E-state index contributed by atoms with van der Waals surface area (Å²) in [5.74, 6) is -0.855. The Morgan fingerprint density at radius 3 is 2.12 bits per heavy atom. The third kappa shape index (κ3) is 6.53. The molecule has 4 rings (SSSR count). The highest BCUT2D eigenvalue weighted by molar-refractivity contribution is 5.95. The van der Waals surface area contributed by atoms with Gasteiger partial charge in [-0.2, -0.15) is 0 Å². The molecule has 0 aliphatic heterocycles. The number of carbonyl (C=O) groups excluding carboxylic acids is 3. The van der Waals surface area contributed by atoms with Crippen molar-refractivity contribution in [3.05, 3.63) is 102 Å². The maximum atomic E-state index is 12.6. The van der Waals surface area contributed by atoms with E-state index in [1.165, 1.54) is 0 Å². The molecule has 168 valence electrons. The molecule has 0 radical (unpaired) electrons. The minimum atomic E-state index is -0.593. The quantitative estimate of drug-likeness (QED) is 0.484. The minimum absolute atomic E-state index is 0.00507. The number of esters is 1. The lowest BCUT2D eigenvalue weighted by molar-refractivity contribution is -0.125. The van der Waals surface area contributed by atoms with Gasteiger partial charge in [-0.15, -0.1) is 0 Å². The van der Waals surface area contributed by atoms with E-state index in [9.17, 15) is 14.4 Å². The average Bonchev–Trinajstić information content (AvgIpc) is 3.70. The lowest BCUT2D eigenvalue weighted by atomic mass is 9.99. The first-order chi connectivity index (χ1) is 16.1. The topological polar surface area (TPSA) is 84.5 Å². The number of hydrogen-bond donors (Lipinski definition) is 2. The smallest absolute Gasteiger partial charge is 0.338 e. The van der Waals surface area contributed by atoms with Crippen molar-refractivity contribution in [2.45, 2.75) is 25.3 Å².